The molecule has 0 aromatic rings. The van der Waals surface area contributed by atoms with E-state index in [0.717, 1.165) is 43.8 Å². The summed E-state index contributed by atoms with van der Waals surface area (Å²) in [5.74, 6) is 2.63. The molecule has 0 radical (unpaired) electrons. The van der Waals surface area contributed by atoms with Crippen LogP contribution in [0.15, 0.2) is 0 Å². The SMILES string of the molecule is CC(C)C(O)C(O)C1CCOC2(CCSCC2)C1. The molecule has 3 atom stereocenters. The molecule has 2 rings (SSSR count). The fourth-order valence-electron chi connectivity index (χ4n) is 3.12. The number of aliphatic hydroxyl groups excluding tert-OH is 2. The lowest BCUT2D eigenvalue weighted by molar-refractivity contribution is -0.139. The third-order valence-electron chi connectivity index (χ3n) is 4.45. The van der Waals surface area contributed by atoms with Crippen LogP contribution in [0, 0.1) is 11.8 Å². The number of ether oxygens (including phenoxy) is 1. The lowest BCUT2D eigenvalue weighted by Gasteiger charge is -2.45. The number of hydrogen-bond acceptors (Lipinski definition) is 4. The van der Waals surface area contributed by atoms with Gasteiger partial charge in [0, 0.05) is 6.61 Å². The van der Waals surface area contributed by atoms with Gasteiger partial charge in [0.25, 0.3) is 0 Å². The average Bonchev–Trinajstić information content (AvgIpc) is 2.38. The van der Waals surface area contributed by atoms with Gasteiger partial charge in [-0.15, -0.1) is 0 Å². The molecule has 0 aliphatic carbocycles. The first-order valence-electron chi connectivity index (χ1n) is 7.12. The van der Waals surface area contributed by atoms with Crippen LogP contribution in [0.1, 0.15) is 39.5 Å². The van der Waals surface area contributed by atoms with Crippen molar-refractivity contribution in [3.8, 4) is 0 Å². The Balaban J connectivity index is 1.97. The first-order chi connectivity index (χ1) is 8.54. The molecular weight excluding hydrogens is 248 g/mol. The van der Waals surface area contributed by atoms with Gasteiger partial charge in [0.15, 0.2) is 0 Å². The van der Waals surface area contributed by atoms with E-state index >= 15 is 0 Å². The molecule has 2 heterocycles. The van der Waals surface area contributed by atoms with Crippen molar-refractivity contribution in [3.63, 3.8) is 0 Å². The van der Waals surface area contributed by atoms with Gasteiger partial charge in [-0.1, -0.05) is 13.8 Å². The minimum Gasteiger partial charge on any atom is -0.390 e. The number of rotatable bonds is 3. The molecular formula is C14H26O3S. The van der Waals surface area contributed by atoms with Crippen LogP contribution in [0.25, 0.3) is 0 Å². The molecule has 3 nitrogen and oxygen atoms in total. The molecule has 0 amide bonds. The Hall–Kier alpha value is 0.230. The first kappa shape index (κ1) is 14.6. The minimum absolute atomic E-state index is 0.00809. The van der Waals surface area contributed by atoms with E-state index in [2.05, 4.69) is 0 Å². The lowest BCUT2D eigenvalue weighted by Crippen LogP contribution is -2.48. The molecule has 2 saturated heterocycles. The van der Waals surface area contributed by atoms with Crippen LogP contribution >= 0.6 is 11.8 Å². The van der Waals surface area contributed by atoms with E-state index in [4.69, 9.17) is 4.74 Å². The van der Waals surface area contributed by atoms with Crippen LogP contribution in [-0.4, -0.2) is 46.1 Å². The largest absolute Gasteiger partial charge is 0.390 e. The summed E-state index contributed by atoms with van der Waals surface area (Å²) in [5, 5.41) is 20.4. The molecule has 1 spiro atoms. The summed E-state index contributed by atoms with van der Waals surface area (Å²) >= 11 is 1.99. The Bertz CT molecular complexity index is 258. The Morgan fingerprint density at radius 2 is 1.89 bits per heavy atom. The average molecular weight is 274 g/mol. The predicted octanol–water partition coefficient (Wildman–Crippen LogP) is 2.06. The fraction of sp³-hybridized carbons (Fsp3) is 1.00. The van der Waals surface area contributed by atoms with E-state index in [1.54, 1.807) is 0 Å². The van der Waals surface area contributed by atoms with Crippen molar-refractivity contribution in [3.05, 3.63) is 0 Å². The van der Waals surface area contributed by atoms with Crippen LogP contribution in [-0.2, 0) is 4.74 Å². The van der Waals surface area contributed by atoms with Crippen molar-refractivity contribution in [2.24, 2.45) is 11.8 Å². The zero-order valence-corrected chi connectivity index (χ0v) is 12.3. The summed E-state index contributed by atoms with van der Waals surface area (Å²) in [4.78, 5) is 0. The van der Waals surface area contributed by atoms with Crippen molar-refractivity contribution < 1.29 is 14.9 Å². The number of hydrogen-bond donors (Lipinski definition) is 2. The maximum atomic E-state index is 10.3. The topological polar surface area (TPSA) is 49.7 Å². The molecule has 0 aromatic heterocycles. The van der Waals surface area contributed by atoms with Crippen LogP contribution in [0.4, 0.5) is 0 Å². The quantitative estimate of drug-likeness (QED) is 0.827. The highest BCUT2D eigenvalue weighted by molar-refractivity contribution is 7.99. The zero-order valence-electron chi connectivity index (χ0n) is 11.5. The normalized spacial score (nSPS) is 31.5. The Morgan fingerprint density at radius 1 is 1.22 bits per heavy atom. The van der Waals surface area contributed by atoms with Crippen LogP contribution in [0.3, 0.4) is 0 Å². The molecule has 18 heavy (non-hydrogen) atoms. The lowest BCUT2D eigenvalue weighted by atomic mass is 9.77. The Morgan fingerprint density at radius 3 is 2.50 bits per heavy atom. The second-order valence-electron chi connectivity index (χ2n) is 6.12. The highest BCUT2D eigenvalue weighted by Crippen LogP contribution is 2.41. The molecule has 2 fully saturated rings. The molecule has 0 aromatic carbocycles. The summed E-state index contributed by atoms with van der Waals surface area (Å²) in [6.45, 7) is 4.65. The Labute approximate surface area is 114 Å². The van der Waals surface area contributed by atoms with Gasteiger partial charge in [-0.25, -0.2) is 0 Å². The highest BCUT2D eigenvalue weighted by atomic mass is 32.2. The van der Waals surface area contributed by atoms with E-state index in [1.807, 2.05) is 25.6 Å². The van der Waals surface area contributed by atoms with Gasteiger partial charge in [-0.05, 0) is 49.0 Å². The summed E-state index contributed by atoms with van der Waals surface area (Å²) in [6.07, 6.45) is 2.78. The fourth-order valence-corrected chi connectivity index (χ4v) is 4.36. The molecule has 106 valence electrons. The Kier molecular flexibility index (Phi) is 4.98. The smallest absolute Gasteiger partial charge is 0.0831 e. The molecule has 2 N–H and O–H groups in total. The van der Waals surface area contributed by atoms with Gasteiger partial charge >= 0.3 is 0 Å². The summed E-state index contributed by atoms with van der Waals surface area (Å²) in [5.41, 5.74) is -0.00809. The second kappa shape index (κ2) is 6.12. The second-order valence-corrected chi connectivity index (χ2v) is 7.35. The van der Waals surface area contributed by atoms with Crippen LogP contribution in [0.5, 0.6) is 0 Å². The van der Waals surface area contributed by atoms with Crippen LogP contribution in [0.2, 0.25) is 0 Å². The van der Waals surface area contributed by atoms with Crippen LogP contribution < -0.4 is 0 Å². The van der Waals surface area contributed by atoms with E-state index in [9.17, 15) is 10.2 Å². The van der Waals surface area contributed by atoms with Crippen molar-refractivity contribution in [1.82, 2.24) is 0 Å². The minimum atomic E-state index is -0.608. The molecule has 0 bridgehead atoms. The standard InChI is InChI=1S/C14H26O3S/c1-10(2)12(15)13(16)11-3-6-17-14(9-11)4-7-18-8-5-14/h10-13,15-16H,3-9H2,1-2H3. The van der Waals surface area contributed by atoms with E-state index in [-0.39, 0.29) is 17.4 Å². The molecule has 3 unspecified atom stereocenters. The van der Waals surface area contributed by atoms with Crippen molar-refractivity contribution in [2.75, 3.05) is 18.1 Å². The van der Waals surface area contributed by atoms with Crippen molar-refractivity contribution >= 4 is 11.8 Å². The van der Waals surface area contributed by atoms with Gasteiger partial charge in [-0.3, -0.25) is 0 Å². The maximum absolute atomic E-state index is 10.3. The highest BCUT2D eigenvalue weighted by Gasteiger charge is 2.42. The number of thioether (sulfide) groups is 1. The third kappa shape index (κ3) is 3.21. The third-order valence-corrected chi connectivity index (χ3v) is 5.44. The summed E-state index contributed by atoms with van der Waals surface area (Å²) in [6, 6.07) is 0. The molecule has 0 saturated carbocycles. The predicted molar refractivity (Wildman–Crippen MR) is 74.8 cm³/mol. The van der Waals surface area contributed by atoms with E-state index in [0.29, 0.717) is 0 Å². The number of aliphatic hydroxyl groups is 2. The molecule has 2 aliphatic heterocycles. The zero-order chi connectivity index (χ0) is 13.2. The first-order valence-corrected chi connectivity index (χ1v) is 8.27. The van der Waals surface area contributed by atoms with E-state index in [1.165, 1.54) is 0 Å². The monoisotopic (exact) mass is 274 g/mol. The van der Waals surface area contributed by atoms with E-state index < -0.39 is 12.2 Å². The van der Waals surface area contributed by atoms with Crippen molar-refractivity contribution in [1.29, 1.82) is 0 Å². The van der Waals surface area contributed by atoms with Gasteiger partial charge in [0.1, 0.15) is 0 Å². The summed E-state index contributed by atoms with van der Waals surface area (Å²) in [7, 11) is 0. The van der Waals surface area contributed by atoms with Gasteiger partial charge < -0.3 is 14.9 Å². The molecule has 2 aliphatic rings. The van der Waals surface area contributed by atoms with Gasteiger partial charge in [0.2, 0.25) is 0 Å². The van der Waals surface area contributed by atoms with Gasteiger partial charge in [0.05, 0.1) is 17.8 Å². The molecule has 4 heteroatoms. The van der Waals surface area contributed by atoms with Crippen molar-refractivity contribution in [2.45, 2.75) is 57.3 Å². The maximum Gasteiger partial charge on any atom is 0.0831 e. The van der Waals surface area contributed by atoms with Gasteiger partial charge in [-0.2, -0.15) is 11.8 Å². The summed E-state index contributed by atoms with van der Waals surface area (Å²) < 4.78 is 6.02.